The van der Waals surface area contributed by atoms with Gasteiger partial charge in [0.15, 0.2) is 5.96 Å². The minimum absolute atomic E-state index is 0. The average molecular weight is 573 g/mol. The number of hydrogen-bond acceptors (Lipinski definition) is 5. The van der Waals surface area contributed by atoms with Gasteiger partial charge in [0.2, 0.25) is 0 Å². The molecule has 0 bridgehead atoms. The van der Waals surface area contributed by atoms with E-state index in [1.807, 2.05) is 24.4 Å². The summed E-state index contributed by atoms with van der Waals surface area (Å²) >= 11 is 1.45. The number of rotatable bonds is 10. The fourth-order valence-corrected chi connectivity index (χ4v) is 3.83. The number of thiophene rings is 1. The first-order chi connectivity index (χ1) is 15.2. The normalized spacial score (nSPS) is 15.7. The molecule has 9 heteroatoms. The summed E-state index contributed by atoms with van der Waals surface area (Å²) in [5.41, 5.74) is 2.22. The minimum atomic E-state index is -0.0184. The lowest BCUT2D eigenvalue weighted by Gasteiger charge is -2.16. The summed E-state index contributed by atoms with van der Waals surface area (Å²) in [4.78, 5) is 17.4. The molecule has 176 valence electrons. The van der Waals surface area contributed by atoms with Crippen LogP contribution in [0.3, 0.4) is 0 Å². The van der Waals surface area contributed by atoms with Crippen molar-refractivity contribution in [3.63, 3.8) is 0 Å². The molecule has 0 spiro atoms. The molecule has 1 amide bonds. The third-order valence-corrected chi connectivity index (χ3v) is 5.70. The van der Waals surface area contributed by atoms with E-state index in [9.17, 15) is 4.79 Å². The van der Waals surface area contributed by atoms with E-state index in [4.69, 9.17) is 14.5 Å². The van der Waals surface area contributed by atoms with Crippen LogP contribution in [-0.4, -0.2) is 50.8 Å². The van der Waals surface area contributed by atoms with Crippen molar-refractivity contribution >= 4 is 47.2 Å². The lowest BCUT2D eigenvalue weighted by Crippen LogP contribution is -2.38. The molecule has 1 unspecified atom stereocenters. The highest BCUT2D eigenvalue weighted by Crippen LogP contribution is 2.24. The number of benzene rings is 1. The Morgan fingerprint density at radius 1 is 1.25 bits per heavy atom. The van der Waals surface area contributed by atoms with E-state index in [0.717, 1.165) is 53.7 Å². The topological polar surface area (TPSA) is 84.0 Å². The van der Waals surface area contributed by atoms with Crippen molar-refractivity contribution in [1.82, 2.24) is 16.0 Å². The molecule has 2 heterocycles. The van der Waals surface area contributed by atoms with Crippen LogP contribution in [0.5, 0.6) is 5.75 Å². The number of aryl methyl sites for hydroxylation is 1. The number of amides is 1. The van der Waals surface area contributed by atoms with E-state index < -0.39 is 0 Å². The smallest absolute Gasteiger partial charge is 0.261 e. The molecule has 2 aromatic rings. The molecule has 0 aliphatic carbocycles. The second-order valence-corrected chi connectivity index (χ2v) is 8.37. The number of carbonyl (C=O) groups is 1. The van der Waals surface area contributed by atoms with Crippen LogP contribution in [-0.2, 0) is 11.3 Å². The van der Waals surface area contributed by atoms with Gasteiger partial charge in [-0.3, -0.25) is 4.79 Å². The van der Waals surface area contributed by atoms with Gasteiger partial charge in [0, 0.05) is 31.6 Å². The predicted octanol–water partition coefficient (Wildman–Crippen LogP) is 3.72. The molecule has 3 N–H and O–H groups in total. The van der Waals surface area contributed by atoms with E-state index in [0.29, 0.717) is 26.2 Å². The van der Waals surface area contributed by atoms with Crippen molar-refractivity contribution in [2.45, 2.75) is 39.3 Å². The zero-order valence-corrected chi connectivity index (χ0v) is 21.8. The van der Waals surface area contributed by atoms with Crippen molar-refractivity contribution in [2.75, 3.05) is 32.8 Å². The van der Waals surface area contributed by atoms with Gasteiger partial charge >= 0.3 is 0 Å². The highest BCUT2D eigenvalue weighted by atomic mass is 127. The molecule has 1 aliphatic rings. The van der Waals surface area contributed by atoms with Crippen LogP contribution in [0.4, 0.5) is 0 Å². The molecule has 1 aromatic heterocycles. The van der Waals surface area contributed by atoms with E-state index in [2.05, 4.69) is 41.1 Å². The summed E-state index contributed by atoms with van der Waals surface area (Å²) in [6, 6.07) is 9.94. The van der Waals surface area contributed by atoms with Crippen molar-refractivity contribution < 1.29 is 14.3 Å². The minimum Gasteiger partial charge on any atom is -0.488 e. The third-order valence-electron chi connectivity index (χ3n) is 4.83. The molecule has 0 radical (unpaired) electrons. The molecule has 3 rings (SSSR count). The largest absolute Gasteiger partial charge is 0.488 e. The maximum Gasteiger partial charge on any atom is 0.261 e. The van der Waals surface area contributed by atoms with E-state index in [1.54, 1.807) is 0 Å². The van der Waals surface area contributed by atoms with Crippen molar-refractivity contribution in [1.29, 1.82) is 0 Å². The van der Waals surface area contributed by atoms with Crippen LogP contribution in [0.2, 0.25) is 0 Å². The number of hydrogen-bond donors (Lipinski definition) is 3. The molecule has 0 saturated carbocycles. The Labute approximate surface area is 211 Å². The molecule has 1 aliphatic heterocycles. The summed E-state index contributed by atoms with van der Waals surface area (Å²) in [5.74, 6) is 1.62. The fraction of sp³-hybridized carbons (Fsp3) is 0.478. The SMILES string of the molecule is CCNC(=NCc1ccc(C)cc1OC1CCOC1)NCCCNC(=O)c1cccs1.I. The predicted molar refractivity (Wildman–Crippen MR) is 141 cm³/mol. The number of aliphatic imine (C=N–C) groups is 1. The van der Waals surface area contributed by atoms with Crippen molar-refractivity contribution in [2.24, 2.45) is 4.99 Å². The number of nitrogens with zero attached hydrogens (tertiary/aromatic N) is 1. The fourth-order valence-electron chi connectivity index (χ4n) is 3.19. The lowest BCUT2D eigenvalue weighted by molar-refractivity contribution is 0.0957. The van der Waals surface area contributed by atoms with E-state index in [1.165, 1.54) is 11.3 Å². The zero-order valence-electron chi connectivity index (χ0n) is 18.7. The maximum atomic E-state index is 12.0. The zero-order chi connectivity index (χ0) is 21.9. The molecule has 32 heavy (non-hydrogen) atoms. The first-order valence-electron chi connectivity index (χ1n) is 10.8. The van der Waals surface area contributed by atoms with Crippen LogP contribution in [0.15, 0.2) is 40.7 Å². The standard InChI is InChI=1S/C23H32N4O3S.HI/c1-3-24-23(26-11-5-10-25-22(28)21-6-4-13-31-21)27-15-18-8-7-17(2)14-20(18)30-19-9-12-29-16-19;/h4,6-8,13-14,19H,3,5,9-12,15-16H2,1-2H3,(H,25,28)(H2,24,26,27);1H. The van der Waals surface area contributed by atoms with Crippen LogP contribution in [0.25, 0.3) is 0 Å². The number of guanidine groups is 1. The number of nitrogens with one attached hydrogen (secondary N) is 3. The molecule has 1 saturated heterocycles. The number of halogens is 1. The van der Waals surface area contributed by atoms with Crippen molar-refractivity contribution in [3.05, 3.63) is 51.7 Å². The van der Waals surface area contributed by atoms with Gasteiger partial charge in [0.1, 0.15) is 11.9 Å². The third kappa shape index (κ3) is 8.59. The maximum absolute atomic E-state index is 12.0. The Morgan fingerprint density at radius 2 is 2.09 bits per heavy atom. The van der Waals surface area contributed by atoms with Crippen molar-refractivity contribution in [3.8, 4) is 5.75 Å². The van der Waals surface area contributed by atoms with Crippen LogP contribution in [0.1, 0.15) is 40.6 Å². The average Bonchev–Trinajstić information content (AvgIpc) is 3.47. The summed E-state index contributed by atoms with van der Waals surface area (Å²) < 4.78 is 11.6. The molecule has 1 aromatic carbocycles. The van der Waals surface area contributed by atoms with Gasteiger partial charge in [-0.15, -0.1) is 35.3 Å². The summed E-state index contributed by atoms with van der Waals surface area (Å²) in [6.07, 6.45) is 1.84. The Balaban J connectivity index is 0.00000363. The van der Waals surface area contributed by atoms with Gasteiger partial charge in [-0.1, -0.05) is 18.2 Å². The lowest BCUT2D eigenvalue weighted by atomic mass is 10.1. The summed E-state index contributed by atoms with van der Waals surface area (Å²) in [5, 5.41) is 11.4. The van der Waals surface area contributed by atoms with Gasteiger partial charge in [-0.05, 0) is 43.3 Å². The number of ether oxygens (including phenoxy) is 2. The van der Waals surface area contributed by atoms with Gasteiger partial charge in [-0.2, -0.15) is 0 Å². The van der Waals surface area contributed by atoms with Gasteiger partial charge in [0.05, 0.1) is 24.6 Å². The first-order valence-corrected chi connectivity index (χ1v) is 11.7. The van der Waals surface area contributed by atoms with Crippen LogP contribution in [0, 0.1) is 6.92 Å². The van der Waals surface area contributed by atoms with E-state index in [-0.39, 0.29) is 36.0 Å². The van der Waals surface area contributed by atoms with Gasteiger partial charge < -0.3 is 25.4 Å². The summed E-state index contributed by atoms with van der Waals surface area (Å²) in [7, 11) is 0. The van der Waals surface area contributed by atoms with E-state index >= 15 is 0 Å². The Hall–Kier alpha value is -1.85. The molecular weight excluding hydrogens is 539 g/mol. The molecule has 7 nitrogen and oxygen atoms in total. The van der Waals surface area contributed by atoms with Gasteiger partial charge in [0.25, 0.3) is 5.91 Å². The molecule has 1 fully saturated rings. The van der Waals surface area contributed by atoms with Crippen LogP contribution >= 0.6 is 35.3 Å². The molecular formula is C23H33IN4O3S. The quantitative estimate of drug-likeness (QED) is 0.175. The Kier molecular flexibility index (Phi) is 11.8. The summed E-state index contributed by atoms with van der Waals surface area (Å²) in [6.45, 7) is 8.13. The highest BCUT2D eigenvalue weighted by Gasteiger charge is 2.18. The first kappa shape index (κ1) is 26.4. The monoisotopic (exact) mass is 572 g/mol. The molecule has 1 atom stereocenters. The second kappa shape index (κ2) is 14.3. The Bertz CT molecular complexity index is 855. The highest BCUT2D eigenvalue weighted by molar-refractivity contribution is 14.0. The van der Waals surface area contributed by atoms with Gasteiger partial charge in [-0.25, -0.2) is 4.99 Å². The Morgan fingerprint density at radius 3 is 2.81 bits per heavy atom. The second-order valence-electron chi connectivity index (χ2n) is 7.42. The number of carbonyl (C=O) groups excluding carboxylic acids is 1. The van der Waals surface area contributed by atoms with Crippen LogP contribution < -0.4 is 20.7 Å².